The number of benzene rings is 2. The quantitative estimate of drug-likeness (QED) is 0.642. The first-order valence-corrected chi connectivity index (χ1v) is 12.0. The predicted molar refractivity (Wildman–Crippen MR) is 103 cm³/mol. The van der Waals surface area contributed by atoms with E-state index in [1.165, 1.54) is 34.7 Å². The second-order valence-corrected chi connectivity index (χ2v) is 11.7. The van der Waals surface area contributed by atoms with Crippen LogP contribution in [0.4, 0.5) is 0 Å². The van der Waals surface area contributed by atoms with Gasteiger partial charge in [0.1, 0.15) is 0 Å². The molecule has 0 N–H and O–H groups in total. The van der Waals surface area contributed by atoms with Crippen LogP contribution in [-0.4, -0.2) is 28.6 Å². The van der Waals surface area contributed by atoms with Gasteiger partial charge in [0.15, 0.2) is 8.32 Å². The maximum atomic E-state index is 6.58. The van der Waals surface area contributed by atoms with Gasteiger partial charge >= 0.3 is 0 Å². The molecule has 0 saturated heterocycles. The molecule has 3 heteroatoms. The van der Waals surface area contributed by atoms with Gasteiger partial charge in [0, 0.05) is 13.7 Å². The maximum Gasteiger partial charge on any atom is 0.186 e. The normalized spacial score (nSPS) is 15.2. The van der Waals surface area contributed by atoms with Gasteiger partial charge in [-0.15, -0.1) is 0 Å². The Morgan fingerprint density at radius 3 is 1.92 bits per heavy atom. The lowest BCUT2D eigenvalue weighted by atomic mass is 9.80. The molecule has 0 atom stereocenters. The SMILES string of the molecule is CCC[Si](C)(C)OCC1(COC)c2ccccc2-c2ccccc21. The second kappa shape index (κ2) is 6.83. The van der Waals surface area contributed by atoms with Crippen molar-refractivity contribution in [2.24, 2.45) is 0 Å². The van der Waals surface area contributed by atoms with E-state index in [1.54, 1.807) is 7.11 Å². The molecule has 128 valence electrons. The van der Waals surface area contributed by atoms with Gasteiger partial charge in [0.05, 0.1) is 12.0 Å². The van der Waals surface area contributed by atoms with Crippen molar-refractivity contribution < 1.29 is 9.16 Å². The number of ether oxygens (including phenoxy) is 1. The molecule has 0 heterocycles. The molecule has 0 spiro atoms. The van der Waals surface area contributed by atoms with Gasteiger partial charge in [-0.1, -0.05) is 61.9 Å². The van der Waals surface area contributed by atoms with E-state index < -0.39 is 8.32 Å². The summed E-state index contributed by atoms with van der Waals surface area (Å²) in [6.45, 7) is 8.24. The highest BCUT2D eigenvalue weighted by Crippen LogP contribution is 2.49. The van der Waals surface area contributed by atoms with Crippen LogP contribution in [0.5, 0.6) is 0 Å². The van der Waals surface area contributed by atoms with E-state index in [4.69, 9.17) is 9.16 Å². The summed E-state index contributed by atoms with van der Waals surface area (Å²) >= 11 is 0. The molecule has 2 aromatic rings. The summed E-state index contributed by atoms with van der Waals surface area (Å²) in [5.41, 5.74) is 5.14. The first-order chi connectivity index (χ1) is 11.5. The van der Waals surface area contributed by atoms with Crippen LogP contribution in [0, 0.1) is 0 Å². The van der Waals surface area contributed by atoms with Gasteiger partial charge in [0.2, 0.25) is 0 Å². The van der Waals surface area contributed by atoms with E-state index in [-0.39, 0.29) is 5.41 Å². The van der Waals surface area contributed by atoms with Crippen LogP contribution in [-0.2, 0) is 14.6 Å². The fourth-order valence-corrected chi connectivity index (χ4v) is 5.99. The Labute approximate surface area is 146 Å². The van der Waals surface area contributed by atoms with Crippen molar-refractivity contribution in [2.75, 3.05) is 20.3 Å². The minimum Gasteiger partial charge on any atom is -0.416 e. The Bertz CT molecular complexity index is 663. The third-order valence-electron chi connectivity index (χ3n) is 5.13. The van der Waals surface area contributed by atoms with E-state index in [1.807, 2.05) is 0 Å². The van der Waals surface area contributed by atoms with Crippen LogP contribution in [0.3, 0.4) is 0 Å². The highest BCUT2D eigenvalue weighted by Gasteiger charge is 2.44. The third kappa shape index (κ3) is 2.96. The fraction of sp³-hybridized carbons (Fsp3) is 0.429. The lowest BCUT2D eigenvalue weighted by molar-refractivity contribution is 0.112. The molecule has 0 unspecified atom stereocenters. The van der Waals surface area contributed by atoms with Gasteiger partial charge in [-0.05, 0) is 41.4 Å². The van der Waals surface area contributed by atoms with E-state index >= 15 is 0 Å². The standard InChI is InChI=1S/C21H28O2Si/c1-5-14-24(3,4)23-16-21(15-22-2)19-12-8-6-10-17(19)18-11-7-9-13-20(18)21/h6-13H,5,14-16H2,1-4H3. The Hall–Kier alpha value is -1.42. The molecular formula is C21H28O2Si. The summed E-state index contributed by atoms with van der Waals surface area (Å²) in [6, 6.07) is 18.6. The summed E-state index contributed by atoms with van der Waals surface area (Å²) in [4.78, 5) is 0. The number of rotatable bonds is 7. The molecule has 24 heavy (non-hydrogen) atoms. The molecular weight excluding hydrogens is 312 g/mol. The zero-order valence-electron chi connectivity index (χ0n) is 15.3. The van der Waals surface area contributed by atoms with Crippen LogP contribution in [0.2, 0.25) is 19.1 Å². The molecule has 0 amide bonds. The van der Waals surface area contributed by atoms with Crippen molar-refractivity contribution in [3.63, 3.8) is 0 Å². The predicted octanol–water partition coefficient (Wildman–Crippen LogP) is 5.23. The van der Waals surface area contributed by atoms with Crippen molar-refractivity contribution in [1.82, 2.24) is 0 Å². The van der Waals surface area contributed by atoms with E-state index in [0.29, 0.717) is 13.2 Å². The number of fused-ring (bicyclic) bond motifs is 3. The zero-order chi connectivity index (χ0) is 17.2. The molecule has 0 bridgehead atoms. The number of methoxy groups -OCH3 is 1. The Morgan fingerprint density at radius 1 is 0.875 bits per heavy atom. The van der Waals surface area contributed by atoms with Crippen LogP contribution < -0.4 is 0 Å². The number of hydrogen-bond donors (Lipinski definition) is 0. The molecule has 0 radical (unpaired) electrons. The average molecular weight is 341 g/mol. The third-order valence-corrected chi connectivity index (χ3v) is 7.76. The molecule has 1 aliphatic rings. The van der Waals surface area contributed by atoms with Crippen LogP contribution in [0.15, 0.2) is 48.5 Å². The summed E-state index contributed by atoms with van der Waals surface area (Å²) in [7, 11) is 0.147. The van der Waals surface area contributed by atoms with E-state index in [0.717, 1.165) is 0 Å². The minimum absolute atomic E-state index is 0.194. The van der Waals surface area contributed by atoms with Crippen molar-refractivity contribution in [3.05, 3.63) is 59.7 Å². The van der Waals surface area contributed by atoms with Gasteiger partial charge < -0.3 is 9.16 Å². The van der Waals surface area contributed by atoms with Crippen molar-refractivity contribution in [2.45, 2.75) is 37.9 Å². The van der Waals surface area contributed by atoms with Gasteiger partial charge in [0.25, 0.3) is 0 Å². The average Bonchev–Trinajstić information content (AvgIpc) is 2.85. The summed E-state index contributed by atoms with van der Waals surface area (Å²) < 4.78 is 12.3. The van der Waals surface area contributed by atoms with Crippen LogP contribution >= 0.6 is 0 Å². The first kappa shape index (κ1) is 17.4. The molecule has 3 rings (SSSR count). The highest BCUT2D eigenvalue weighted by atomic mass is 28.4. The van der Waals surface area contributed by atoms with E-state index in [2.05, 4.69) is 68.5 Å². The topological polar surface area (TPSA) is 18.5 Å². The monoisotopic (exact) mass is 340 g/mol. The van der Waals surface area contributed by atoms with Crippen LogP contribution in [0.1, 0.15) is 24.5 Å². The Kier molecular flexibility index (Phi) is 4.95. The van der Waals surface area contributed by atoms with Crippen molar-refractivity contribution in [3.8, 4) is 11.1 Å². The Morgan fingerprint density at radius 2 is 1.42 bits per heavy atom. The summed E-state index contributed by atoms with van der Waals surface area (Å²) in [5.74, 6) is 0. The smallest absolute Gasteiger partial charge is 0.186 e. The minimum atomic E-state index is -1.64. The van der Waals surface area contributed by atoms with Gasteiger partial charge in [-0.3, -0.25) is 0 Å². The molecule has 2 aromatic carbocycles. The number of hydrogen-bond acceptors (Lipinski definition) is 2. The second-order valence-electron chi connectivity index (χ2n) is 7.40. The first-order valence-electron chi connectivity index (χ1n) is 8.86. The van der Waals surface area contributed by atoms with Crippen molar-refractivity contribution >= 4 is 8.32 Å². The summed E-state index contributed by atoms with van der Waals surface area (Å²) in [5, 5.41) is 0. The molecule has 0 fully saturated rings. The molecule has 2 nitrogen and oxygen atoms in total. The molecule has 0 aromatic heterocycles. The van der Waals surface area contributed by atoms with Gasteiger partial charge in [-0.25, -0.2) is 0 Å². The van der Waals surface area contributed by atoms with Gasteiger partial charge in [-0.2, -0.15) is 0 Å². The largest absolute Gasteiger partial charge is 0.416 e. The molecule has 0 saturated carbocycles. The molecule has 0 aliphatic heterocycles. The summed E-state index contributed by atoms with van der Waals surface area (Å²) in [6.07, 6.45) is 1.18. The van der Waals surface area contributed by atoms with Crippen molar-refractivity contribution in [1.29, 1.82) is 0 Å². The highest BCUT2D eigenvalue weighted by molar-refractivity contribution is 6.71. The van der Waals surface area contributed by atoms with E-state index in [9.17, 15) is 0 Å². The molecule has 1 aliphatic carbocycles. The van der Waals surface area contributed by atoms with Crippen LogP contribution in [0.25, 0.3) is 11.1 Å². The lowest BCUT2D eigenvalue weighted by Crippen LogP contribution is -2.42. The lowest BCUT2D eigenvalue weighted by Gasteiger charge is -2.35. The maximum absolute atomic E-state index is 6.58. The zero-order valence-corrected chi connectivity index (χ0v) is 16.3. The fourth-order valence-electron chi connectivity index (χ4n) is 4.01. The Balaban J connectivity index is 2.06.